The Morgan fingerprint density at radius 2 is 1.81 bits per heavy atom. The number of hydrogen-bond acceptors (Lipinski definition) is 2. The Morgan fingerprint density at radius 3 is 2.31 bits per heavy atom. The van der Waals surface area contributed by atoms with Gasteiger partial charge in [-0.3, -0.25) is 0 Å². The molecule has 1 aromatic carbocycles. The van der Waals surface area contributed by atoms with E-state index in [0.29, 0.717) is 0 Å². The van der Waals surface area contributed by atoms with Gasteiger partial charge in [-0.25, -0.2) is 4.68 Å². The molecule has 0 fully saturated rings. The van der Waals surface area contributed by atoms with Gasteiger partial charge in [-0.2, -0.15) is 5.10 Å². The lowest BCUT2D eigenvalue weighted by molar-refractivity contribution is 0.573. The second kappa shape index (κ2) is 4.00. The van der Waals surface area contributed by atoms with E-state index >= 15 is 0 Å². The molecule has 3 nitrogen and oxygen atoms in total. The Kier molecular flexibility index (Phi) is 2.69. The molecule has 2 aromatic rings. The minimum Gasteiger partial charge on any atom is -0.384 e. The summed E-state index contributed by atoms with van der Waals surface area (Å²) in [6.07, 6.45) is 1.81. The van der Waals surface area contributed by atoms with Crippen LogP contribution in [0, 0.1) is 13.8 Å². The third-order valence-electron chi connectivity index (χ3n) is 2.95. The standard InChI is InChI=1S/C13H17N3/c1-9-4-6-12(7-5-9)11(3)16-13(14)10(2)8-15-16/h4-8,11H,14H2,1-3H3. The molecule has 1 aromatic heterocycles. The fourth-order valence-corrected chi connectivity index (χ4v) is 1.75. The van der Waals surface area contributed by atoms with Crippen molar-refractivity contribution in [1.82, 2.24) is 9.78 Å². The van der Waals surface area contributed by atoms with Crippen LogP contribution in [-0.2, 0) is 0 Å². The highest BCUT2D eigenvalue weighted by Crippen LogP contribution is 2.22. The number of nitrogens with zero attached hydrogens (tertiary/aromatic N) is 2. The smallest absolute Gasteiger partial charge is 0.125 e. The van der Waals surface area contributed by atoms with Crippen molar-refractivity contribution in [3.05, 3.63) is 47.2 Å². The fourth-order valence-electron chi connectivity index (χ4n) is 1.75. The van der Waals surface area contributed by atoms with Crippen LogP contribution in [0.2, 0.25) is 0 Å². The van der Waals surface area contributed by atoms with Crippen molar-refractivity contribution in [1.29, 1.82) is 0 Å². The van der Waals surface area contributed by atoms with Crippen LogP contribution in [0.3, 0.4) is 0 Å². The molecule has 3 heteroatoms. The van der Waals surface area contributed by atoms with Gasteiger partial charge in [0.2, 0.25) is 0 Å². The lowest BCUT2D eigenvalue weighted by Gasteiger charge is -2.14. The average Bonchev–Trinajstić information content (AvgIpc) is 2.60. The van der Waals surface area contributed by atoms with Gasteiger partial charge in [0, 0.05) is 5.56 Å². The molecule has 0 aliphatic rings. The summed E-state index contributed by atoms with van der Waals surface area (Å²) in [6.45, 7) is 6.16. The van der Waals surface area contributed by atoms with Crippen molar-refractivity contribution in [2.45, 2.75) is 26.8 Å². The Morgan fingerprint density at radius 1 is 1.19 bits per heavy atom. The first-order valence-electron chi connectivity index (χ1n) is 5.45. The number of anilines is 1. The van der Waals surface area contributed by atoms with Gasteiger partial charge in [0.05, 0.1) is 12.2 Å². The summed E-state index contributed by atoms with van der Waals surface area (Å²) in [5.74, 6) is 0.744. The second-order valence-electron chi connectivity index (χ2n) is 4.24. The van der Waals surface area contributed by atoms with Gasteiger partial charge in [0.25, 0.3) is 0 Å². The minimum atomic E-state index is 0.175. The summed E-state index contributed by atoms with van der Waals surface area (Å²) >= 11 is 0. The summed E-state index contributed by atoms with van der Waals surface area (Å²) in [7, 11) is 0. The molecule has 0 spiro atoms. The van der Waals surface area contributed by atoms with Gasteiger partial charge >= 0.3 is 0 Å². The highest BCUT2D eigenvalue weighted by Gasteiger charge is 2.12. The first-order chi connectivity index (χ1) is 7.59. The van der Waals surface area contributed by atoms with Crippen molar-refractivity contribution in [2.24, 2.45) is 0 Å². The van der Waals surface area contributed by atoms with Gasteiger partial charge in [-0.15, -0.1) is 0 Å². The summed E-state index contributed by atoms with van der Waals surface area (Å²) in [5.41, 5.74) is 9.49. The Bertz CT molecular complexity index is 482. The number of rotatable bonds is 2. The van der Waals surface area contributed by atoms with E-state index in [1.807, 2.05) is 11.6 Å². The third kappa shape index (κ3) is 1.81. The van der Waals surface area contributed by atoms with Crippen molar-refractivity contribution in [3.63, 3.8) is 0 Å². The monoisotopic (exact) mass is 215 g/mol. The molecule has 16 heavy (non-hydrogen) atoms. The molecule has 1 atom stereocenters. The molecule has 1 heterocycles. The molecule has 2 rings (SSSR count). The van der Waals surface area contributed by atoms with E-state index in [4.69, 9.17) is 5.73 Å². The maximum Gasteiger partial charge on any atom is 0.125 e. The highest BCUT2D eigenvalue weighted by atomic mass is 15.3. The van der Waals surface area contributed by atoms with Crippen molar-refractivity contribution < 1.29 is 0 Å². The number of hydrogen-bond donors (Lipinski definition) is 1. The van der Waals surface area contributed by atoms with E-state index in [1.54, 1.807) is 6.20 Å². The Hall–Kier alpha value is -1.77. The zero-order valence-corrected chi connectivity index (χ0v) is 9.94. The van der Waals surface area contributed by atoms with E-state index < -0.39 is 0 Å². The van der Waals surface area contributed by atoms with E-state index in [9.17, 15) is 0 Å². The average molecular weight is 215 g/mol. The predicted octanol–water partition coefficient (Wildman–Crippen LogP) is 2.69. The number of benzene rings is 1. The summed E-state index contributed by atoms with van der Waals surface area (Å²) in [4.78, 5) is 0. The fraction of sp³-hybridized carbons (Fsp3) is 0.308. The van der Waals surface area contributed by atoms with E-state index in [1.165, 1.54) is 11.1 Å². The van der Waals surface area contributed by atoms with Crippen LogP contribution in [-0.4, -0.2) is 9.78 Å². The molecular weight excluding hydrogens is 198 g/mol. The second-order valence-corrected chi connectivity index (χ2v) is 4.24. The molecule has 0 saturated heterocycles. The maximum atomic E-state index is 5.97. The van der Waals surface area contributed by atoms with Gasteiger partial charge in [-0.1, -0.05) is 29.8 Å². The van der Waals surface area contributed by atoms with Gasteiger partial charge < -0.3 is 5.73 Å². The van der Waals surface area contributed by atoms with Crippen molar-refractivity contribution >= 4 is 5.82 Å². The van der Waals surface area contributed by atoms with Crippen LogP contribution in [0.5, 0.6) is 0 Å². The number of nitrogen functional groups attached to an aromatic ring is 1. The molecule has 2 N–H and O–H groups in total. The van der Waals surface area contributed by atoms with E-state index in [2.05, 4.69) is 43.2 Å². The van der Waals surface area contributed by atoms with Gasteiger partial charge in [0.1, 0.15) is 5.82 Å². The van der Waals surface area contributed by atoms with Crippen LogP contribution in [0.25, 0.3) is 0 Å². The largest absolute Gasteiger partial charge is 0.384 e. The minimum absolute atomic E-state index is 0.175. The van der Waals surface area contributed by atoms with Crippen LogP contribution < -0.4 is 5.73 Å². The maximum absolute atomic E-state index is 5.97. The van der Waals surface area contributed by atoms with Crippen molar-refractivity contribution in [2.75, 3.05) is 5.73 Å². The first-order valence-corrected chi connectivity index (χ1v) is 5.45. The molecule has 0 bridgehead atoms. The molecular formula is C13H17N3. The Labute approximate surface area is 95.9 Å². The third-order valence-corrected chi connectivity index (χ3v) is 2.95. The van der Waals surface area contributed by atoms with Gasteiger partial charge in [0.15, 0.2) is 0 Å². The Balaban J connectivity index is 2.35. The first kappa shape index (κ1) is 10.7. The molecule has 1 unspecified atom stereocenters. The SMILES string of the molecule is Cc1ccc(C(C)n2ncc(C)c2N)cc1. The van der Waals surface area contributed by atoms with Crippen molar-refractivity contribution in [3.8, 4) is 0 Å². The predicted molar refractivity (Wildman–Crippen MR) is 66.4 cm³/mol. The lowest BCUT2D eigenvalue weighted by atomic mass is 10.1. The summed E-state index contributed by atoms with van der Waals surface area (Å²) in [5, 5.41) is 4.31. The quantitative estimate of drug-likeness (QED) is 0.837. The highest BCUT2D eigenvalue weighted by molar-refractivity contribution is 5.39. The van der Waals surface area contributed by atoms with Crippen LogP contribution in [0.1, 0.15) is 29.7 Å². The summed E-state index contributed by atoms with van der Waals surface area (Å²) in [6, 6.07) is 8.64. The summed E-state index contributed by atoms with van der Waals surface area (Å²) < 4.78 is 1.86. The van der Waals surface area contributed by atoms with Crippen LogP contribution in [0.4, 0.5) is 5.82 Å². The molecule has 0 amide bonds. The number of aromatic nitrogens is 2. The molecule has 0 radical (unpaired) electrons. The number of aryl methyl sites for hydroxylation is 2. The topological polar surface area (TPSA) is 43.8 Å². The molecule has 0 aliphatic heterocycles. The van der Waals surface area contributed by atoms with Gasteiger partial charge in [-0.05, 0) is 26.3 Å². The molecule has 0 saturated carbocycles. The van der Waals surface area contributed by atoms with E-state index in [0.717, 1.165) is 11.4 Å². The number of nitrogens with two attached hydrogens (primary N) is 1. The molecule has 84 valence electrons. The molecule has 0 aliphatic carbocycles. The lowest BCUT2D eigenvalue weighted by Crippen LogP contribution is -2.11. The zero-order valence-electron chi connectivity index (χ0n) is 9.94. The van der Waals surface area contributed by atoms with Crippen LogP contribution >= 0.6 is 0 Å². The van der Waals surface area contributed by atoms with E-state index in [-0.39, 0.29) is 6.04 Å². The zero-order chi connectivity index (χ0) is 11.7. The normalized spacial score (nSPS) is 12.7. The van der Waals surface area contributed by atoms with Crippen LogP contribution in [0.15, 0.2) is 30.5 Å².